The van der Waals surface area contributed by atoms with E-state index in [1.165, 1.54) is 0 Å². The molecule has 0 saturated heterocycles. The van der Waals surface area contributed by atoms with Crippen LogP contribution in [0, 0.1) is 6.92 Å². The van der Waals surface area contributed by atoms with E-state index in [2.05, 4.69) is 15.4 Å². The van der Waals surface area contributed by atoms with Crippen LogP contribution < -0.4 is 16.0 Å². The highest BCUT2D eigenvalue weighted by atomic mass is 35.5. The van der Waals surface area contributed by atoms with Crippen LogP contribution in [0.3, 0.4) is 0 Å². The molecule has 3 N–H and O–H groups in total. The molecular formula is C11H10Cl2N4O. The second kappa shape index (κ2) is 5.39. The molecule has 2 aromatic rings. The fourth-order valence-corrected chi connectivity index (χ4v) is 1.71. The van der Waals surface area contributed by atoms with Crippen LogP contribution in [0.5, 0.6) is 11.6 Å². The fourth-order valence-electron chi connectivity index (χ4n) is 1.26. The van der Waals surface area contributed by atoms with Crippen molar-refractivity contribution in [2.24, 2.45) is 5.84 Å². The minimum Gasteiger partial charge on any atom is -0.437 e. The molecule has 2 rings (SSSR count). The van der Waals surface area contributed by atoms with Gasteiger partial charge in [-0.15, -0.1) is 0 Å². The summed E-state index contributed by atoms with van der Waals surface area (Å²) in [5, 5.41) is 0.943. The molecule has 18 heavy (non-hydrogen) atoms. The molecule has 1 aromatic heterocycles. The van der Waals surface area contributed by atoms with Crippen molar-refractivity contribution in [3.63, 3.8) is 0 Å². The summed E-state index contributed by atoms with van der Waals surface area (Å²) in [7, 11) is 0. The molecule has 7 heteroatoms. The Labute approximate surface area is 114 Å². The van der Waals surface area contributed by atoms with Crippen molar-refractivity contribution in [2.45, 2.75) is 6.92 Å². The van der Waals surface area contributed by atoms with Crippen LogP contribution >= 0.6 is 23.2 Å². The smallest absolute Gasteiger partial charge is 0.240 e. The van der Waals surface area contributed by atoms with E-state index in [9.17, 15) is 0 Å². The van der Waals surface area contributed by atoms with Crippen LogP contribution in [0.2, 0.25) is 10.0 Å². The van der Waals surface area contributed by atoms with Gasteiger partial charge < -0.3 is 4.74 Å². The molecule has 5 nitrogen and oxygen atoms in total. The minimum absolute atomic E-state index is 0.265. The average molecular weight is 285 g/mol. The van der Waals surface area contributed by atoms with E-state index in [0.717, 1.165) is 5.56 Å². The van der Waals surface area contributed by atoms with E-state index in [4.69, 9.17) is 33.8 Å². The standard InChI is InChI=1S/C11H10Cl2N4O/c1-6-5-15-11(17-14)16-10(6)18-9-3-2-7(12)4-8(9)13/h2-5H,14H2,1H3,(H,15,16,17). The first-order valence-corrected chi connectivity index (χ1v) is 5.79. The van der Waals surface area contributed by atoms with E-state index in [-0.39, 0.29) is 5.95 Å². The predicted octanol–water partition coefficient (Wildman–Crippen LogP) is 3.17. The highest BCUT2D eigenvalue weighted by Crippen LogP contribution is 2.32. The maximum atomic E-state index is 6.01. The van der Waals surface area contributed by atoms with Crippen LogP contribution in [0.25, 0.3) is 0 Å². The summed E-state index contributed by atoms with van der Waals surface area (Å²) in [5.41, 5.74) is 3.11. The molecule has 0 aliphatic rings. The van der Waals surface area contributed by atoms with Crippen molar-refractivity contribution < 1.29 is 4.74 Å². The minimum atomic E-state index is 0.265. The van der Waals surface area contributed by atoms with Crippen LogP contribution in [0.4, 0.5) is 5.95 Å². The zero-order valence-electron chi connectivity index (χ0n) is 9.45. The molecule has 1 aromatic carbocycles. The predicted molar refractivity (Wildman–Crippen MR) is 71.1 cm³/mol. The molecule has 0 atom stereocenters. The first kappa shape index (κ1) is 12.9. The Morgan fingerprint density at radius 3 is 2.78 bits per heavy atom. The van der Waals surface area contributed by atoms with E-state index in [1.54, 1.807) is 24.4 Å². The molecule has 0 amide bonds. The number of ether oxygens (including phenoxy) is 1. The lowest BCUT2D eigenvalue weighted by molar-refractivity contribution is 0.458. The number of anilines is 1. The molecule has 94 valence electrons. The van der Waals surface area contributed by atoms with Crippen LogP contribution in [0.1, 0.15) is 5.56 Å². The van der Waals surface area contributed by atoms with Crippen molar-refractivity contribution in [1.82, 2.24) is 9.97 Å². The average Bonchev–Trinajstić information content (AvgIpc) is 2.35. The normalized spacial score (nSPS) is 10.2. The van der Waals surface area contributed by atoms with Crippen LogP contribution in [-0.2, 0) is 0 Å². The number of nitrogens with two attached hydrogens (primary N) is 1. The van der Waals surface area contributed by atoms with Gasteiger partial charge in [-0.3, -0.25) is 5.43 Å². The first-order chi connectivity index (χ1) is 8.60. The monoisotopic (exact) mass is 284 g/mol. The summed E-state index contributed by atoms with van der Waals surface area (Å²) in [6.07, 6.45) is 1.60. The Kier molecular flexibility index (Phi) is 3.86. The lowest BCUT2D eigenvalue weighted by atomic mass is 10.3. The number of rotatable bonds is 3. The molecule has 0 radical (unpaired) electrons. The van der Waals surface area contributed by atoms with E-state index in [1.807, 2.05) is 6.92 Å². The third kappa shape index (κ3) is 2.81. The van der Waals surface area contributed by atoms with Gasteiger partial charge >= 0.3 is 0 Å². The number of hydrogen-bond donors (Lipinski definition) is 2. The van der Waals surface area contributed by atoms with Gasteiger partial charge in [0.1, 0.15) is 5.75 Å². The molecular weight excluding hydrogens is 275 g/mol. The zero-order chi connectivity index (χ0) is 13.1. The molecule has 0 spiro atoms. The lowest BCUT2D eigenvalue weighted by Gasteiger charge is -2.09. The second-order valence-electron chi connectivity index (χ2n) is 3.50. The summed E-state index contributed by atoms with van der Waals surface area (Å²) >= 11 is 11.8. The number of aryl methyl sites for hydroxylation is 1. The lowest BCUT2D eigenvalue weighted by Crippen LogP contribution is -2.11. The molecule has 0 aliphatic heterocycles. The third-order valence-electron chi connectivity index (χ3n) is 2.15. The van der Waals surface area contributed by atoms with E-state index < -0.39 is 0 Å². The number of benzene rings is 1. The SMILES string of the molecule is Cc1cnc(NN)nc1Oc1ccc(Cl)cc1Cl. The Bertz CT molecular complexity index is 577. The van der Waals surface area contributed by atoms with Crippen LogP contribution in [0.15, 0.2) is 24.4 Å². The van der Waals surface area contributed by atoms with Gasteiger partial charge in [-0.2, -0.15) is 4.98 Å². The fraction of sp³-hybridized carbons (Fsp3) is 0.0909. The van der Waals surface area contributed by atoms with Gasteiger partial charge in [0.2, 0.25) is 11.8 Å². The van der Waals surface area contributed by atoms with Gasteiger partial charge in [0, 0.05) is 16.8 Å². The maximum Gasteiger partial charge on any atom is 0.240 e. The van der Waals surface area contributed by atoms with Gasteiger partial charge in [0.05, 0.1) is 5.02 Å². The number of hydrazine groups is 1. The van der Waals surface area contributed by atoms with Gasteiger partial charge in [-0.25, -0.2) is 10.8 Å². The highest BCUT2D eigenvalue weighted by molar-refractivity contribution is 6.35. The van der Waals surface area contributed by atoms with Gasteiger partial charge in [0.15, 0.2) is 0 Å². The van der Waals surface area contributed by atoms with Crippen molar-refractivity contribution in [2.75, 3.05) is 5.43 Å². The van der Waals surface area contributed by atoms with Gasteiger partial charge in [0.25, 0.3) is 0 Å². The molecule has 0 unspecified atom stereocenters. The summed E-state index contributed by atoms with van der Waals surface area (Å²) in [6.45, 7) is 1.82. The second-order valence-corrected chi connectivity index (χ2v) is 4.35. The number of nitrogens with one attached hydrogen (secondary N) is 1. The maximum absolute atomic E-state index is 6.01. The van der Waals surface area contributed by atoms with Crippen molar-refractivity contribution >= 4 is 29.2 Å². The van der Waals surface area contributed by atoms with Gasteiger partial charge in [-0.05, 0) is 25.1 Å². The number of aromatic nitrogens is 2. The number of nitrogen functional groups attached to an aromatic ring is 1. The Balaban J connectivity index is 2.33. The molecule has 0 aliphatic carbocycles. The van der Waals surface area contributed by atoms with E-state index in [0.29, 0.717) is 21.7 Å². The van der Waals surface area contributed by atoms with E-state index >= 15 is 0 Å². The quantitative estimate of drug-likeness (QED) is 0.669. The summed E-state index contributed by atoms with van der Waals surface area (Å²) in [4.78, 5) is 8.04. The summed E-state index contributed by atoms with van der Waals surface area (Å²) in [6, 6.07) is 4.94. The van der Waals surface area contributed by atoms with Gasteiger partial charge in [-0.1, -0.05) is 23.2 Å². The largest absolute Gasteiger partial charge is 0.437 e. The van der Waals surface area contributed by atoms with Crippen molar-refractivity contribution in [1.29, 1.82) is 0 Å². The number of hydrogen-bond acceptors (Lipinski definition) is 5. The summed E-state index contributed by atoms with van der Waals surface area (Å²) in [5.74, 6) is 6.34. The first-order valence-electron chi connectivity index (χ1n) is 5.03. The summed E-state index contributed by atoms with van der Waals surface area (Å²) < 4.78 is 5.60. The Morgan fingerprint density at radius 2 is 2.11 bits per heavy atom. The molecule has 0 fully saturated rings. The zero-order valence-corrected chi connectivity index (χ0v) is 11.0. The Hall–Kier alpha value is -1.56. The number of halogens is 2. The Morgan fingerprint density at radius 1 is 1.33 bits per heavy atom. The van der Waals surface area contributed by atoms with Crippen LogP contribution in [-0.4, -0.2) is 9.97 Å². The highest BCUT2D eigenvalue weighted by Gasteiger charge is 2.09. The molecule has 1 heterocycles. The topological polar surface area (TPSA) is 73.1 Å². The number of nitrogens with zero attached hydrogens (tertiary/aromatic N) is 2. The third-order valence-corrected chi connectivity index (χ3v) is 2.69. The molecule has 0 saturated carbocycles. The van der Waals surface area contributed by atoms with Crippen molar-refractivity contribution in [3.8, 4) is 11.6 Å². The molecule has 0 bridgehead atoms. The van der Waals surface area contributed by atoms with Crippen molar-refractivity contribution in [3.05, 3.63) is 40.0 Å².